The normalized spacial score (nSPS) is 11.5. The number of aliphatic imine (C=N–C) groups is 1. The number of nitrogens with zero attached hydrogens (tertiary/aromatic N) is 4. The molecule has 0 aliphatic rings. The molecule has 7 heteroatoms. The molecule has 1 N–H and O–H groups in total. The maximum absolute atomic E-state index is 4.50. The Kier molecular flexibility index (Phi) is 11.8. The zero-order chi connectivity index (χ0) is 15.7. The molecule has 0 aliphatic carbocycles. The van der Waals surface area contributed by atoms with Gasteiger partial charge in [0.15, 0.2) is 5.96 Å². The summed E-state index contributed by atoms with van der Waals surface area (Å²) in [6.45, 7) is 11.5. The molecule has 1 aromatic rings. The molecular weight excluding hydrogens is 409 g/mol. The van der Waals surface area contributed by atoms with Crippen molar-refractivity contribution < 1.29 is 0 Å². The van der Waals surface area contributed by atoms with Crippen molar-refractivity contribution in [2.45, 2.75) is 33.7 Å². The second-order valence-corrected chi connectivity index (χ2v) is 6.18. The Morgan fingerprint density at radius 2 is 2.09 bits per heavy atom. The first kappa shape index (κ1) is 21.6. The number of rotatable bonds is 8. The van der Waals surface area contributed by atoms with Crippen LogP contribution in [0.2, 0.25) is 0 Å². The van der Waals surface area contributed by atoms with Gasteiger partial charge in [0.1, 0.15) is 0 Å². The van der Waals surface area contributed by atoms with Gasteiger partial charge in [0, 0.05) is 32.6 Å². The van der Waals surface area contributed by atoms with Crippen molar-refractivity contribution in [1.82, 2.24) is 20.1 Å². The summed E-state index contributed by atoms with van der Waals surface area (Å²) >= 11 is 1.69. The number of aromatic nitrogens is 1. The summed E-state index contributed by atoms with van der Waals surface area (Å²) in [7, 11) is 3.88. The van der Waals surface area contributed by atoms with Crippen molar-refractivity contribution in [2.24, 2.45) is 4.99 Å². The van der Waals surface area contributed by atoms with Crippen LogP contribution >= 0.6 is 35.3 Å². The third-order valence-corrected chi connectivity index (χ3v) is 4.16. The van der Waals surface area contributed by atoms with Crippen LogP contribution in [0, 0.1) is 6.92 Å². The van der Waals surface area contributed by atoms with E-state index in [0.29, 0.717) is 0 Å². The summed E-state index contributed by atoms with van der Waals surface area (Å²) in [5.74, 6) is 0.924. The Morgan fingerprint density at radius 1 is 1.36 bits per heavy atom. The van der Waals surface area contributed by atoms with Crippen LogP contribution < -0.4 is 5.32 Å². The first-order valence-corrected chi connectivity index (χ1v) is 8.53. The van der Waals surface area contributed by atoms with Crippen molar-refractivity contribution in [3.63, 3.8) is 0 Å². The van der Waals surface area contributed by atoms with Crippen molar-refractivity contribution >= 4 is 41.3 Å². The number of likely N-dealkylation sites (N-methyl/N-ethyl adjacent to an activating group) is 1. The Balaban J connectivity index is 0.00000441. The number of aryl methyl sites for hydroxylation is 1. The lowest BCUT2D eigenvalue weighted by Crippen LogP contribution is -2.42. The minimum atomic E-state index is 0. The monoisotopic (exact) mass is 439 g/mol. The van der Waals surface area contributed by atoms with E-state index >= 15 is 0 Å². The van der Waals surface area contributed by atoms with Crippen LogP contribution in [-0.4, -0.2) is 61.0 Å². The van der Waals surface area contributed by atoms with Gasteiger partial charge in [0.25, 0.3) is 0 Å². The highest BCUT2D eigenvalue weighted by Crippen LogP contribution is 2.09. The van der Waals surface area contributed by atoms with Gasteiger partial charge in [-0.3, -0.25) is 4.99 Å². The molecule has 0 saturated carbocycles. The molecule has 0 aromatic carbocycles. The van der Waals surface area contributed by atoms with E-state index in [1.807, 2.05) is 21.0 Å². The lowest BCUT2D eigenvalue weighted by molar-refractivity contribution is 0.291. The largest absolute Gasteiger partial charge is 0.355 e. The molecule has 0 amide bonds. The van der Waals surface area contributed by atoms with E-state index in [1.165, 1.54) is 6.42 Å². The number of halogens is 1. The molecule has 0 unspecified atom stereocenters. The zero-order valence-corrected chi connectivity index (χ0v) is 17.6. The third kappa shape index (κ3) is 7.73. The highest BCUT2D eigenvalue weighted by Gasteiger charge is 2.09. The van der Waals surface area contributed by atoms with Gasteiger partial charge in [0.2, 0.25) is 0 Å². The molecule has 0 fully saturated rings. The quantitative estimate of drug-likeness (QED) is 0.385. The van der Waals surface area contributed by atoms with Crippen molar-refractivity contribution in [3.05, 3.63) is 16.1 Å². The summed E-state index contributed by atoms with van der Waals surface area (Å²) in [5, 5.41) is 6.65. The average Bonchev–Trinajstić information content (AvgIpc) is 2.87. The van der Waals surface area contributed by atoms with Gasteiger partial charge in [-0.1, -0.05) is 13.8 Å². The molecule has 1 heterocycles. The van der Waals surface area contributed by atoms with Crippen LogP contribution in [0.3, 0.4) is 0 Å². The molecule has 128 valence electrons. The Hall–Kier alpha value is -0.410. The minimum absolute atomic E-state index is 0. The smallest absolute Gasteiger partial charge is 0.193 e. The first-order chi connectivity index (χ1) is 10.1. The predicted molar refractivity (Wildman–Crippen MR) is 107 cm³/mol. The van der Waals surface area contributed by atoms with Gasteiger partial charge in [-0.25, -0.2) is 4.98 Å². The second kappa shape index (κ2) is 12.1. The fraction of sp³-hybridized carbons (Fsp3) is 0.733. The molecule has 0 saturated heterocycles. The molecule has 22 heavy (non-hydrogen) atoms. The Bertz CT molecular complexity index is 435. The van der Waals surface area contributed by atoms with Gasteiger partial charge in [-0.2, -0.15) is 0 Å². The van der Waals surface area contributed by atoms with E-state index in [9.17, 15) is 0 Å². The highest BCUT2D eigenvalue weighted by atomic mass is 127. The van der Waals surface area contributed by atoms with Crippen molar-refractivity contribution in [2.75, 3.05) is 40.3 Å². The van der Waals surface area contributed by atoms with E-state index < -0.39 is 0 Å². The number of hydrogen-bond acceptors (Lipinski definition) is 4. The predicted octanol–water partition coefficient (Wildman–Crippen LogP) is 2.81. The lowest BCUT2D eigenvalue weighted by Gasteiger charge is -2.24. The van der Waals surface area contributed by atoms with Gasteiger partial charge in [-0.05, 0) is 26.4 Å². The van der Waals surface area contributed by atoms with Crippen LogP contribution in [0.4, 0.5) is 0 Å². The van der Waals surface area contributed by atoms with E-state index in [-0.39, 0.29) is 24.0 Å². The van der Waals surface area contributed by atoms with E-state index in [4.69, 9.17) is 0 Å². The SMILES string of the molecule is CCCN(CC)CCNC(=NC)N(C)Cc1csc(C)n1.I. The minimum Gasteiger partial charge on any atom is -0.355 e. The molecule has 0 bridgehead atoms. The number of nitrogens with one attached hydrogen (secondary N) is 1. The molecule has 0 aliphatic heterocycles. The summed E-state index contributed by atoms with van der Waals surface area (Å²) in [4.78, 5) is 13.4. The van der Waals surface area contributed by atoms with Crippen LogP contribution in [-0.2, 0) is 6.54 Å². The standard InChI is InChI=1S/C15H29N5S.HI/c1-6-9-20(7-2)10-8-17-15(16-4)19(5)11-14-12-21-13(3)18-14;/h12H,6-11H2,1-5H3,(H,16,17);1H. The molecular formula is C15H30IN5S. The Morgan fingerprint density at radius 3 is 2.59 bits per heavy atom. The maximum Gasteiger partial charge on any atom is 0.193 e. The van der Waals surface area contributed by atoms with Crippen LogP contribution in [0.25, 0.3) is 0 Å². The summed E-state index contributed by atoms with van der Waals surface area (Å²) < 4.78 is 0. The van der Waals surface area contributed by atoms with Crippen molar-refractivity contribution in [1.29, 1.82) is 0 Å². The van der Waals surface area contributed by atoms with Crippen LogP contribution in [0.1, 0.15) is 31.0 Å². The molecule has 5 nitrogen and oxygen atoms in total. The van der Waals surface area contributed by atoms with Crippen molar-refractivity contribution in [3.8, 4) is 0 Å². The molecule has 0 radical (unpaired) electrons. The van der Waals surface area contributed by atoms with E-state index in [2.05, 4.69) is 44.3 Å². The zero-order valence-electron chi connectivity index (χ0n) is 14.4. The molecule has 0 spiro atoms. The topological polar surface area (TPSA) is 43.8 Å². The lowest BCUT2D eigenvalue weighted by atomic mass is 10.4. The van der Waals surface area contributed by atoms with E-state index in [0.717, 1.165) is 49.4 Å². The fourth-order valence-corrected chi connectivity index (χ4v) is 2.86. The summed E-state index contributed by atoms with van der Waals surface area (Å²) in [6, 6.07) is 0. The van der Waals surface area contributed by atoms with Gasteiger partial charge >= 0.3 is 0 Å². The molecule has 1 aromatic heterocycles. The molecule has 1 rings (SSSR count). The number of guanidine groups is 1. The second-order valence-electron chi connectivity index (χ2n) is 5.12. The van der Waals surface area contributed by atoms with E-state index in [1.54, 1.807) is 11.3 Å². The number of thiazole rings is 1. The fourth-order valence-electron chi connectivity index (χ4n) is 2.25. The third-order valence-electron chi connectivity index (χ3n) is 3.34. The summed E-state index contributed by atoms with van der Waals surface area (Å²) in [5.41, 5.74) is 1.10. The highest BCUT2D eigenvalue weighted by molar-refractivity contribution is 14.0. The van der Waals surface area contributed by atoms with Gasteiger partial charge in [-0.15, -0.1) is 35.3 Å². The first-order valence-electron chi connectivity index (χ1n) is 7.65. The molecule has 0 atom stereocenters. The number of hydrogen-bond donors (Lipinski definition) is 1. The average molecular weight is 439 g/mol. The summed E-state index contributed by atoms with van der Waals surface area (Å²) in [6.07, 6.45) is 1.20. The Labute approximate surface area is 156 Å². The van der Waals surface area contributed by atoms with Gasteiger partial charge in [0.05, 0.1) is 17.2 Å². The van der Waals surface area contributed by atoms with Crippen LogP contribution in [0.5, 0.6) is 0 Å². The van der Waals surface area contributed by atoms with Crippen LogP contribution in [0.15, 0.2) is 10.4 Å². The van der Waals surface area contributed by atoms with Gasteiger partial charge < -0.3 is 15.1 Å². The maximum atomic E-state index is 4.50.